The Kier molecular flexibility index (Phi) is 9.80. The number of ether oxygens (including phenoxy) is 1. The molecule has 0 aromatic heterocycles. The molecule has 2 unspecified atom stereocenters. The summed E-state index contributed by atoms with van der Waals surface area (Å²) in [6, 6.07) is 9.57. The summed E-state index contributed by atoms with van der Waals surface area (Å²) in [6.45, 7) is 12.4. The second-order valence-electron chi connectivity index (χ2n) is 7.16. The van der Waals surface area contributed by atoms with Gasteiger partial charge in [0.25, 0.3) is 0 Å². The third-order valence-corrected chi connectivity index (χ3v) is 5.60. The highest BCUT2D eigenvalue weighted by atomic mass is 32.2. The quantitative estimate of drug-likeness (QED) is 0.493. The van der Waals surface area contributed by atoms with Gasteiger partial charge in [-0.15, -0.1) is 0 Å². The Hall–Kier alpha value is -1.44. The third kappa shape index (κ3) is 8.41. The van der Waals surface area contributed by atoms with Crippen LogP contribution in [0.25, 0.3) is 0 Å². The number of hydrogen-bond acceptors (Lipinski definition) is 4. The lowest BCUT2D eigenvalue weighted by Gasteiger charge is -2.33. The van der Waals surface area contributed by atoms with Crippen LogP contribution in [0.2, 0.25) is 0 Å². The molecule has 0 radical (unpaired) electrons. The molecule has 1 fully saturated rings. The largest absolute Gasteiger partial charge is 0.374 e. The zero-order valence-electron chi connectivity index (χ0n) is 16.8. The van der Waals surface area contributed by atoms with Gasteiger partial charge in [0, 0.05) is 43.4 Å². The van der Waals surface area contributed by atoms with Crippen LogP contribution in [0.1, 0.15) is 20.8 Å². The van der Waals surface area contributed by atoms with E-state index in [9.17, 15) is 4.21 Å². The molecule has 152 valence electrons. The van der Waals surface area contributed by atoms with Crippen LogP contribution in [0, 0.1) is 5.92 Å². The zero-order chi connectivity index (χ0) is 19.5. The first-order valence-electron chi connectivity index (χ1n) is 9.88. The smallest absolute Gasteiger partial charge is 0.191 e. The van der Waals surface area contributed by atoms with Crippen LogP contribution in [0.5, 0.6) is 0 Å². The summed E-state index contributed by atoms with van der Waals surface area (Å²) in [7, 11) is -0.999. The number of hydrogen-bond donors (Lipinski definition) is 2. The fourth-order valence-corrected chi connectivity index (χ4v) is 4.04. The van der Waals surface area contributed by atoms with Crippen molar-refractivity contribution in [1.29, 1.82) is 0 Å². The molecule has 0 bridgehead atoms. The second kappa shape index (κ2) is 12.1. The van der Waals surface area contributed by atoms with Crippen LogP contribution in [0.15, 0.2) is 40.2 Å². The van der Waals surface area contributed by atoms with Gasteiger partial charge in [-0.05, 0) is 25.0 Å². The van der Waals surface area contributed by atoms with Gasteiger partial charge in [0.15, 0.2) is 5.96 Å². The second-order valence-corrected chi connectivity index (χ2v) is 8.73. The molecule has 2 atom stereocenters. The summed E-state index contributed by atoms with van der Waals surface area (Å²) in [5.41, 5.74) is 0. The van der Waals surface area contributed by atoms with Gasteiger partial charge in [0.05, 0.1) is 30.1 Å². The summed E-state index contributed by atoms with van der Waals surface area (Å²) in [5, 5.41) is 6.53. The van der Waals surface area contributed by atoms with E-state index in [1.165, 1.54) is 0 Å². The molecular formula is C20H34N4O2S. The van der Waals surface area contributed by atoms with E-state index < -0.39 is 10.8 Å². The molecular weight excluding hydrogens is 360 g/mol. The van der Waals surface area contributed by atoms with Crippen molar-refractivity contribution in [1.82, 2.24) is 15.5 Å². The summed E-state index contributed by atoms with van der Waals surface area (Å²) in [4.78, 5) is 7.98. The van der Waals surface area contributed by atoms with Gasteiger partial charge < -0.3 is 15.4 Å². The monoisotopic (exact) mass is 394 g/mol. The van der Waals surface area contributed by atoms with E-state index in [4.69, 9.17) is 4.74 Å². The molecule has 2 rings (SSSR count). The molecule has 6 nitrogen and oxygen atoms in total. The molecule has 1 aromatic rings. The molecule has 1 heterocycles. The number of aliphatic imine (C=N–C) groups is 1. The van der Waals surface area contributed by atoms with Crippen LogP contribution >= 0.6 is 0 Å². The fraction of sp³-hybridized carbons (Fsp3) is 0.650. The van der Waals surface area contributed by atoms with Crippen molar-refractivity contribution in [2.45, 2.75) is 31.8 Å². The van der Waals surface area contributed by atoms with Crippen LogP contribution in [-0.4, -0.2) is 72.8 Å². The van der Waals surface area contributed by atoms with Gasteiger partial charge in [-0.25, -0.2) is 0 Å². The maximum absolute atomic E-state index is 12.3. The Morgan fingerprint density at radius 3 is 2.81 bits per heavy atom. The van der Waals surface area contributed by atoms with E-state index in [-0.39, 0.29) is 6.10 Å². The average Bonchev–Trinajstić information content (AvgIpc) is 2.66. The fourth-order valence-electron chi connectivity index (χ4n) is 3.06. The van der Waals surface area contributed by atoms with Crippen molar-refractivity contribution < 1.29 is 8.95 Å². The Bertz CT molecular complexity index is 595. The molecule has 1 aliphatic rings. The van der Waals surface area contributed by atoms with E-state index in [2.05, 4.69) is 34.4 Å². The molecule has 2 N–H and O–H groups in total. The highest BCUT2D eigenvalue weighted by Gasteiger charge is 2.20. The first-order chi connectivity index (χ1) is 13.1. The predicted octanol–water partition coefficient (Wildman–Crippen LogP) is 1.71. The standard InChI is InChI=1S/C20H34N4O2S/c1-4-21-20(22-10-13-27(25)19-8-6-5-7-9-19)23-14-18-16-24(11-12-26-18)15-17(2)3/h5-9,17-18H,4,10-16H2,1-3H3,(H2,21,22,23). The molecule has 27 heavy (non-hydrogen) atoms. The Balaban J connectivity index is 1.78. The minimum Gasteiger partial charge on any atom is -0.374 e. The van der Waals surface area contributed by atoms with Crippen molar-refractivity contribution in [3.8, 4) is 0 Å². The van der Waals surface area contributed by atoms with E-state index in [0.717, 1.165) is 43.6 Å². The van der Waals surface area contributed by atoms with Gasteiger partial charge >= 0.3 is 0 Å². The first kappa shape index (κ1) is 21.9. The van der Waals surface area contributed by atoms with Crippen molar-refractivity contribution in [2.24, 2.45) is 10.9 Å². The van der Waals surface area contributed by atoms with Gasteiger partial charge in [0.1, 0.15) is 0 Å². The van der Waals surface area contributed by atoms with Crippen LogP contribution in [-0.2, 0) is 15.5 Å². The number of morpholine rings is 1. The highest BCUT2D eigenvalue weighted by molar-refractivity contribution is 7.85. The number of guanidine groups is 1. The molecule has 0 aliphatic carbocycles. The Morgan fingerprint density at radius 1 is 1.33 bits per heavy atom. The third-order valence-electron chi connectivity index (χ3n) is 4.23. The Labute approximate surface area is 166 Å². The van der Waals surface area contributed by atoms with Gasteiger partial charge in [-0.3, -0.25) is 14.1 Å². The van der Waals surface area contributed by atoms with E-state index >= 15 is 0 Å². The maximum Gasteiger partial charge on any atom is 0.191 e. The van der Waals surface area contributed by atoms with Gasteiger partial charge in [-0.1, -0.05) is 32.0 Å². The number of benzene rings is 1. The molecule has 0 amide bonds. The molecule has 1 saturated heterocycles. The van der Waals surface area contributed by atoms with Crippen LogP contribution < -0.4 is 10.6 Å². The topological polar surface area (TPSA) is 66.0 Å². The van der Waals surface area contributed by atoms with E-state index in [0.29, 0.717) is 24.8 Å². The predicted molar refractivity (Wildman–Crippen MR) is 113 cm³/mol. The van der Waals surface area contributed by atoms with E-state index in [1.807, 2.05) is 37.3 Å². The van der Waals surface area contributed by atoms with Gasteiger partial charge in [-0.2, -0.15) is 0 Å². The van der Waals surface area contributed by atoms with Crippen LogP contribution in [0.4, 0.5) is 0 Å². The molecule has 7 heteroatoms. The minimum atomic E-state index is -0.999. The van der Waals surface area contributed by atoms with Crippen molar-refractivity contribution in [3.63, 3.8) is 0 Å². The van der Waals surface area contributed by atoms with Crippen LogP contribution in [0.3, 0.4) is 0 Å². The lowest BCUT2D eigenvalue weighted by atomic mass is 10.2. The van der Waals surface area contributed by atoms with Crippen molar-refractivity contribution in [2.75, 3.05) is 51.6 Å². The number of nitrogens with zero attached hydrogens (tertiary/aromatic N) is 2. The van der Waals surface area contributed by atoms with Gasteiger partial charge in [0.2, 0.25) is 0 Å². The number of nitrogens with one attached hydrogen (secondary N) is 2. The average molecular weight is 395 g/mol. The van der Waals surface area contributed by atoms with E-state index in [1.54, 1.807) is 0 Å². The highest BCUT2D eigenvalue weighted by Crippen LogP contribution is 2.08. The number of rotatable bonds is 9. The van der Waals surface area contributed by atoms with Crippen molar-refractivity contribution >= 4 is 16.8 Å². The summed E-state index contributed by atoms with van der Waals surface area (Å²) >= 11 is 0. The molecule has 0 saturated carbocycles. The normalized spacial score (nSPS) is 19.9. The lowest BCUT2D eigenvalue weighted by molar-refractivity contribution is -0.0261. The lowest BCUT2D eigenvalue weighted by Crippen LogP contribution is -2.46. The summed E-state index contributed by atoms with van der Waals surface area (Å²) in [6.07, 6.45) is 0.131. The first-order valence-corrected chi connectivity index (χ1v) is 11.2. The molecule has 1 aliphatic heterocycles. The minimum absolute atomic E-state index is 0.131. The Morgan fingerprint density at radius 2 is 2.11 bits per heavy atom. The van der Waals surface area contributed by atoms with Crippen molar-refractivity contribution in [3.05, 3.63) is 30.3 Å². The summed E-state index contributed by atoms with van der Waals surface area (Å²) in [5.74, 6) is 1.97. The molecule has 0 spiro atoms. The maximum atomic E-state index is 12.3. The summed E-state index contributed by atoms with van der Waals surface area (Å²) < 4.78 is 18.2. The SMILES string of the molecule is CCNC(=NCC1CN(CC(C)C)CCO1)NCCS(=O)c1ccccc1. The zero-order valence-corrected chi connectivity index (χ0v) is 17.6. The molecule has 1 aromatic carbocycles.